The van der Waals surface area contributed by atoms with E-state index in [-0.39, 0.29) is 5.43 Å². The largest absolute Gasteiger partial charge is 0.455 e. The van der Waals surface area contributed by atoms with Crippen molar-refractivity contribution >= 4 is 21.9 Å². The average Bonchev–Trinajstić information content (AvgIpc) is 3.02. The molecule has 1 saturated heterocycles. The van der Waals surface area contributed by atoms with E-state index in [9.17, 15) is 4.79 Å². The maximum absolute atomic E-state index is 12.6. The van der Waals surface area contributed by atoms with Crippen molar-refractivity contribution in [2.75, 3.05) is 13.1 Å². The molecular weight excluding hydrogens is 262 g/mol. The molecule has 0 saturated carbocycles. The van der Waals surface area contributed by atoms with E-state index >= 15 is 0 Å². The second kappa shape index (κ2) is 5.01. The lowest BCUT2D eigenvalue weighted by atomic mass is 10.1. The highest BCUT2D eigenvalue weighted by Crippen LogP contribution is 2.23. The van der Waals surface area contributed by atoms with Crippen LogP contribution in [0, 0.1) is 0 Å². The molecule has 3 heteroatoms. The van der Waals surface area contributed by atoms with E-state index in [0.29, 0.717) is 16.4 Å². The van der Waals surface area contributed by atoms with Gasteiger partial charge in [0.1, 0.15) is 11.2 Å². The van der Waals surface area contributed by atoms with Gasteiger partial charge in [0.15, 0.2) is 0 Å². The third kappa shape index (κ3) is 2.14. The van der Waals surface area contributed by atoms with Crippen LogP contribution in [0.25, 0.3) is 21.9 Å². The fourth-order valence-electron chi connectivity index (χ4n) is 3.19. The van der Waals surface area contributed by atoms with Gasteiger partial charge in [-0.1, -0.05) is 24.3 Å². The lowest BCUT2D eigenvalue weighted by molar-refractivity contribution is 0.331. The molecule has 1 fully saturated rings. The van der Waals surface area contributed by atoms with Gasteiger partial charge in [0.2, 0.25) is 5.43 Å². The molecule has 0 N–H and O–H groups in total. The van der Waals surface area contributed by atoms with Gasteiger partial charge in [0.05, 0.1) is 10.8 Å². The summed E-state index contributed by atoms with van der Waals surface area (Å²) in [6.45, 7) is 3.13. The van der Waals surface area contributed by atoms with Crippen molar-refractivity contribution in [3.8, 4) is 0 Å². The minimum absolute atomic E-state index is 0.0649. The summed E-state index contributed by atoms with van der Waals surface area (Å²) >= 11 is 0. The molecule has 4 rings (SSSR count). The number of fused-ring (bicyclic) bond motifs is 2. The van der Waals surface area contributed by atoms with Crippen LogP contribution in [0.2, 0.25) is 0 Å². The monoisotopic (exact) mass is 279 g/mol. The zero-order valence-corrected chi connectivity index (χ0v) is 11.8. The van der Waals surface area contributed by atoms with E-state index in [1.165, 1.54) is 12.8 Å². The maximum atomic E-state index is 12.6. The van der Waals surface area contributed by atoms with Crippen molar-refractivity contribution in [2.45, 2.75) is 19.4 Å². The molecule has 0 amide bonds. The van der Waals surface area contributed by atoms with Crippen molar-refractivity contribution in [3.05, 3.63) is 58.3 Å². The van der Waals surface area contributed by atoms with Crippen LogP contribution >= 0.6 is 0 Å². The van der Waals surface area contributed by atoms with E-state index in [1.807, 2.05) is 36.4 Å². The Kier molecular flexibility index (Phi) is 3.00. The van der Waals surface area contributed by atoms with Gasteiger partial charge in [-0.15, -0.1) is 0 Å². The molecule has 0 atom stereocenters. The van der Waals surface area contributed by atoms with E-state index in [1.54, 1.807) is 0 Å². The van der Waals surface area contributed by atoms with Gasteiger partial charge in [-0.3, -0.25) is 9.69 Å². The van der Waals surface area contributed by atoms with Crippen LogP contribution in [-0.4, -0.2) is 18.0 Å². The highest BCUT2D eigenvalue weighted by atomic mass is 16.3. The molecule has 106 valence electrons. The quantitative estimate of drug-likeness (QED) is 0.673. The maximum Gasteiger partial charge on any atom is 0.200 e. The molecule has 2 aromatic carbocycles. The average molecular weight is 279 g/mol. The van der Waals surface area contributed by atoms with E-state index in [2.05, 4.69) is 11.0 Å². The molecule has 1 aliphatic heterocycles. The van der Waals surface area contributed by atoms with Crippen LogP contribution in [0.3, 0.4) is 0 Å². The highest BCUT2D eigenvalue weighted by molar-refractivity contribution is 5.90. The fraction of sp³-hybridized carbons (Fsp3) is 0.278. The van der Waals surface area contributed by atoms with E-state index in [0.717, 1.165) is 30.8 Å². The van der Waals surface area contributed by atoms with Crippen LogP contribution in [-0.2, 0) is 6.54 Å². The first-order chi connectivity index (χ1) is 10.3. The number of nitrogens with zero attached hydrogens (tertiary/aromatic N) is 1. The molecule has 3 aromatic rings. The minimum Gasteiger partial charge on any atom is -0.455 e. The van der Waals surface area contributed by atoms with Crippen LogP contribution in [0.5, 0.6) is 0 Å². The third-order valence-corrected chi connectivity index (χ3v) is 4.28. The molecule has 3 nitrogen and oxygen atoms in total. The second-order valence-corrected chi connectivity index (χ2v) is 5.70. The van der Waals surface area contributed by atoms with Crippen molar-refractivity contribution in [1.29, 1.82) is 0 Å². The summed E-state index contributed by atoms with van der Waals surface area (Å²) in [6.07, 6.45) is 2.52. The summed E-state index contributed by atoms with van der Waals surface area (Å²) < 4.78 is 6.04. The molecule has 0 radical (unpaired) electrons. The van der Waals surface area contributed by atoms with Gasteiger partial charge in [-0.25, -0.2) is 0 Å². The Balaban J connectivity index is 1.93. The first-order valence-corrected chi connectivity index (χ1v) is 7.49. The summed E-state index contributed by atoms with van der Waals surface area (Å²) in [5.41, 5.74) is 2.59. The predicted molar refractivity (Wildman–Crippen MR) is 84.5 cm³/mol. The smallest absolute Gasteiger partial charge is 0.200 e. The molecule has 0 spiro atoms. The van der Waals surface area contributed by atoms with Crippen LogP contribution in [0.4, 0.5) is 0 Å². The van der Waals surface area contributed by atoms with E-state index < -0.39 is 0 Å². The topological polar surface area (TPSA) is 33.5 Å². The predicted octanol–water partition coefficient (Wildman–Crippen LogP) is 3.54. The van der Waals surface area contributed by atoms with Gasteiger partial charge in [0, 0.05) is 12.1 Å². The van der Waals surface area contributed by atoms with Crippen molar-refractivity contribution in [3.63, 3.8) is 0 Å². The van der Waals surface area contributed by atoms with Crippen molar-refractivity contribution in [2.24, 2.45) is 0 Å². The van der Waals surface area contributed by atoms with Crippen molar-refractivity contribution in [1.82, 2.24) is 4.90 Å². The summed E-state index contributed by atoms with van der Waals surface area (Å²) in [6, 6.07) is 13.4. The van der Waals surface area contributed by atoms with Gasteiger partial charge in [-0.05, 0) is 44.1 Å². The normalized spacial score (nSPS) is 16.0. The molecule has 0 aliphatic carbocycles. The van der Waals surface area contributed by atoms with Crippen LogP contribution in [0.15, 0.2) is 51.7 Å². The fourth-order valence-corrected chi connectivity index (χ4v) is 3.19. The summed E-state index contributed by atoms with van der Waals surface area (Å²) in [4.78, 5) is 15.0. The Morgan fingerprint density at radius 3 is 2.57 bits per heavy atom. The Hall–Kier alpha value is -2.13. The Bertz CT molecular complexity index is 860. The summed E-state index contributed by atoms with van der Waals surface area (Å²) in [7, 11) is 0. The van der Waals surface area contributed by atoms with Crippen LogP contribution in [0.1, 0.15) is 18.4 Å². The summed E-state index contributed by atoms with van der Waals surface area (Å²) in [5, 5.41) is 1.34. The molecular formula is C18H17NO2. The lowest BCUT2D eigenvalue weighted by Crippen LogP contribution is -2.18. The lowest BCUT2D eigenvalue weighted by Gasteiger charge is -2.15. The molecule has 21 heavy (non-hydrogen) atoms. The zero-order chi connectivity index (χ0) is 14.2. The Labute approximate surface area is 122 Å². The third-order valence-electron chi connectivity index (χ3n) is 4.28. The number of rotatable bonds is 2. The minimum atomic E-state index is 0.0649. The van der Waals surface area contributed by atoms with Crippen molar-refractivity contribution < 1.29 is 4.42 Å². The number of benzene rings is 2. The molecule has 2 heterocycles. The van der Waals surface area contributed by atoms with Gasteiger partial charge in [-0.2, -0.15) is 0 Å². The zero-order valence-electron chi connectivity index (χ0n) is 11.8. The van der Waals surface area contributed by atoms with Crippen LogP contribution < -0.4 is 5.43 Å². The van der Waals surface area contributed by atoms with Gasteiger partial charge >= 0.3 is 0 Å². The number of likely N-dealkylation sites (tertiary alicyclic amines) is 1. The summed E-state index contributed by atoms with van der Waals surface area (Å²) in [5.74, 6) is 0. The standard InChI is InChI=1S/C18H17NO2/c20-17-14-7-1-2-9-16(14)21-18-13(6-5-8-15(17)18)12-19-10-3-4-11-19/h1-2,5-9H,3-4,10-12H2. The van der Waals surface area contributed by atoms with Gasteiger partial charge < -0.3 is 4.42 Å². The van der Waals surface area contributed by atoms with E-state index in [4.69, 9.17) is 4.42 Å². The number of hydrogen-bond donors (Lipinski definition) is 0. The van der Waals surface area contributed by atoms with Gasteiger partial charge in [0.25, 0.3) is 0 Å². The Morgan fingerprint density at radius 2 is 1.71 bits per heavy atom. The molecule has 1 aliphatic rings. The molecule has 1 aromatic heterocycles. The molecule has 0 unspecified atom stereocenters. The Morgan fingerprint density at radius 1 is 0.952 bits per heavy atom. The second-order valence-electron chi connectivity index (χ2n) is 5.70. The number of hydrogen-bond acceptors (Lipinski definition) is 3. The highest BCUT2D eigenvalue weighted by Gasteiger charge is 2.15. The first-order valence-electron chi connectivity index (χ1n) is 7.49. The first kappa shape index (κ1) is 12.6. The number of para-hydroxylation sites is 2. The SMILES string of the molecule is O=c1c2ccccc2oc2c(CN3CCCC3)cccc12. The molecule has 0 bridgehead atoms.